The topological polar surface area (TPSA) is 46.2 Å². The second-order valence-corrected chi connectivity index (χ2v) is 9.31. The summed E-state index contributed by atoms with van der Waals surface area (Å²) in [5.41, 5.74) is 1.28. The first kappa shape index (κ1) is 18.2. The van der Waals surface area contributed by atoms with Gasteiger partial charge in [0.05, 0.1) is 10.5 Å². The minimum Gasteiger partial charge on any atom is -0.310 e. The van der Waals surface area contributed by atoms with Gasteiger partial charge in [0, 0.05) is 6.04 Å². The molecule has 21 heavy (non-hydrogen) atoms. The van der Waals surface area contributed by atoms with Gasteiger partial charge in [-0.3, -0.25) is 0 Å². The number of rotatable bonds is 8. The highest BCUT2D eigenvalue weighted by atomic mass is 32.2. The monoisotopic (exact) mass is 311 g/mol. The number of hydrogen-bond acceptors (Lipinski definition) is 3. The van der Waals surface area contributed by atoms with Gasteiger partial charge in [-0.1, -0.05) is 43.7 Å². The smallest absolute Gasteiger partial charge is 0.155 e. The summed E-state index contributed by atoms with van der Waals surface area (Å²) >= 11 is 0. The van der Waals surface area contributed by atoms with Crippen LogP contribution in [-0.4, -0.2) is 25.5 Å². The predicted octanol–water partition coefficient (Wildman–Crippen LogP) is 3.72. The summed E-state index contributed by atoms with van der Waals surface area (Å²) in [7, 11) is -2.99. The fraction of sp³-hybridized carbons (Fsp3) is 0.647. The van der Waals surface area contributed by atoms with Crippen molar-refractivity contribution >= 4 is 9.84 Å². The molecule has 1 atom stereocenters. The van der Waals surface area contributed by atoms with Crippen LogP contribution in [0.4, 0.5) is 0 Å². The zero-order valence-corrected chi connectivity index (χ0v) is 14.5. The van der Waals surface area contributed by atoms with Gasteiger partial charge < -0.3 is 5.32 Å². The molecule has 0 radical (unpaired) electrons. The van der Waals surface area contributed by atoms with Crippen molar-refractivity contribution < 1.29 is 8.42 Å². The molecule has 0 amide bonds. The SMILES string of the molecule is CCNC(CCCCS(=O)(=O)C(C)(C)C)c1ccccc1. The molecule has 0 aliphatic carbocycles. The van der Waals surface area contributed by atoms with Crippen molar-refractivity contribution in [3.05, 3.63) is 35.9 Å². The van der Waals surface area contributed by atoms with Crippen LogP contribution in [0.5, 0.6) is 0 Å². The van der Waals surface area contributed by atoms with Gasteiger partial charge in [0.2, 0.25) is 0 Å². The number of benzene rings is 1. The summed E-state index contributed by atoms with van der Waals surface area (Å²) < 4.78 is 23.5. The lowest BCUT2D eigenvalue weighted by Gasteiger charge is -2.20. The van der Waals surface area contributed by atoms with Crippen LogP contribution in [-0.2, 0) is 9.84 Å². The first-order chi connectivity index (χ1) is 9.78. The minimum atomic E-state index is -2.99. The van der Waals surface area contributed by atoms with Crippen LogP contribution < -0.4 is 5.32 Å². The van der Waals surface area contributed by atoms with E-state index in [-0.39, 0.29) is 5.75 Å². The molecule has 1 unspecified atom stereocenters. The molecule has 1 rings (SSSR count). The van der Waals surface area contributed by atoms with Crippen molar-refractivity contribution in [3.8, 4) is 0 Å². The Morgan fingerprint density at radius 1 is 1.10 bits per heavy atom. The number of unbranched alkanes of at least 4 members (excludes halogenated alkanes) is 1. The first-order valence-electron chi connectivity index (χ1n) is 7.78. The van der Waals surface area contributed by atoms with Crippen LogP contribution in [0.3, 0.4) is 0 Å². The third-order valence-electron chi connectivity index (χ3n) is 3.74. The zero-order valence-electron chi connectivity index (χ0n) is 13.7. The van der Waals surface area contributed by atoms with E-state index in [2.05, 4.69) is 24.4 Å². The molecule has 3 nitrogen and oxygen atoms in total. The van der Waals surface area contributed by atoms with Crippen molar-refractivity contribution in [2.75, 3.05) is 12.3 Å². The van der Waals surface area contributed by atoms with Gasteiger partial charge >= 0.3 is 0 Å². The van der Waals surface area contributed by atoms with E-state index < -0.39 is 14.6 Å². The summed E-state index contributed by atoms with van der Waals surface area (Å²) in [5.74, 6) is 0.282. The molecule has 0 spiro atoms. The molecule has 120 valence electrons. The highest BCUT2D eigenvalue weighted by molar-refractivity contribution is 7.92. The quantitative estimate of drug-likeness (QED) is 0.744. The Balaban J connectivity index is 2.49. The highest BCUT2D eigenvalue weighted by Gasteiger charge is 2.28. The second kappa shape index (κ2) is 7.95. The summed E-state index contributed by atoms with van der Waals surface area (Å²) in [6.07, 6.45) is 2.62. The van der Waals surface area contributed by atoms with E-state index in [1.165, 1.54) is 5.56 Å². The largest absolute Gasteiger partial charge is 0.310 e. The van der Waals surface area contributed by atoms with E-state index in [4.69, 9.17) is 0 Å². The molecule has 1 N–H and O–H groups in total. The average Bonchev–Trinajstić information content (AvgIpc) is 2.42. The Kier molecular flexibility index (Phi) is 6.88. The maximum atomic E-state index is 12.1. The van der Waals surface area contributed by atoms with Crippen LogP contribution in [0.25, 0.3) is 0 Å². The lowest BCUT2D eigenvalue weighted by Crippen LogP contribution is -2.30. The van der Waals surface area contributed by atoms with E-state index in [0.29, 0.717) is 6.04 Å². The third kappa shape index (κ3) is 5.79. The van der Waals surface area contributed by atoms with Gasteiger partial charge in [0.25, 0.3) is 0 Å². The molecule has 0 aliphatic rings. The van der Waals surface area contributed by atoms with Crippen molar-refractivity contribution in [2.45, 2.75) is 57.7 Å². The Morgan fingerprint density at radius 2 is 1.71 bits per heavy atom. The Morgan fingerprint density at radius 3 is 2.24 bits per heavy atom. The van der Waals surface area contributed by atoms with Crippen LogP contribution in [0.15, 0.2) is 30.3 Å². The number of sulfone groups is 1. The second-order valence-electron chi connectivity index (χ2n) is 6.45. The number of hydrogen-bond donors (Lipinski definition) is 1. The van der Waals surface area contributed by atoms with Gasteiger partial charge in [-0.2, -0.15) is 0 Å². The minimum absolute atomic E-state index is 0.282. The Bertz CT molecular complexity index is 503. The van der Waals surface area contributed by atoms with E-state index in [0.717, 1.165) is 25.8 Å². The number of nitrogens with one attached hydrogen (secondary N) is 1. The highest BCUT2D eigenvalue weighted by Crippen LogP contribution is 2.21. The lowest BCUT2D eigenvalue weighted by atomic mass is 10.0. The van der Waals surface area contributed by atoms with Gasteiger partial charge in [-0.15, -0.1) is 0 Å². The molecule has 0 saturated carbocycles. The first-order valence-corrected chi connectivity index (χ1v) is 9.44. The van der Waals surface area contributed by atoms with Crippen LogP contribution in [0, 0.1) is 0 Å². The van der Waals surface area contributed by atoms with E-state index in [1.807, 2.05) is 18.2 Å². The molecular formula is C17H29NO2S. The molecule has 0 bridgehead atoms. The molecule has 1 aromatic rings. The molecule has 0 fully saturated rings. The van der Waals surface area contributed by atoms with Gasteiger partial charge in [-0.25, -0.2) is 8.42 Å². The van der Waals surface area contributed by atoms with Crippen LogP contribution >= 0.6 is 0 Å². The molecule has 0 heterocycles. The van der Waals surface area contributed by atoms with E-state index in [9.17, 15) is 8.42 Å². The van der Waals surface area contributed by atoms with E-state index >= 15 is 0 Å². The zero-order chi connectivity index (χ0) is 15.9. The normalized spacial score (nSPS) is 14.1. The van der Waals surface area contributed by atoms with E-state index in [1.54, 1.807) is 20.8 Å². The summed E-state index contributed by atoms with van der Waals surface area (Å²) in [6.45, 7) is 8.33. The van der Waals surface area contributed by atoms with Gasteiger partial charge in [0.15, 0.2) is 9.84 Å². The average molecular weight is 311 g/mol. The molecule has 1 aromatic carbocycles. The van der Waals surface area contributed by atoms with Gasteiger partial charge in [-0.05, 0) is 45.7 Å². The summed E-state index contributed by atoms with van der Waals surface area (Å²) in [6, 6.07) is 10.7. The summed E-state index contributed by atoms with van der Waals surface area (Å²) in [4.78, 5) is 0. The third-order valence-corrected chi connectivity index (χ3v) is 6.43. The summed E-state index contributed by atoms with van der Waals surface area (Å²) in [5, 5.41) is 3.48. The lowest BCUT2D eigenvalue weighted by molar-refractivity contribution is 0.491. The Labute approximate surface area is 130 Å². The molecule has 4 heteroatoms. The Hall–Kier alpha value is -0.870. The molecular weight excluding hydrogens is 282 g/mol. The van der Waals surface area contributed by atoms with Crippen molar-refractivity contribution in [1.29, 1.82) is 0 Å². The van der Waals surface area contributed by atoms with Crippen molar-refractivity contribution in [1.82, 2.24) is 5.32 Å². The van der Waals surface area contributed by atoms with Crippen molar-refractivity contribution in [2.24, 2.45) is 0 Å². The molecule has 0 aromatic heterocycles. The van der Waals surface area contributed by atoms with Gasteiger partial charge in [0.1, 0.15) is 0 Å². The predicted molar refractivity (Wildman–Crippen MR) is 90.3 cm³/mol. The molecule has 0 saturated heterocycles. The maximum Gasteiger partial charge on any atom is 0.155 e. The van der Waals surface area contributed by atoms with Crippen molar-refractivity contribution in [3.63, 3.8) is 0 Å². The fourth-order valence-electron chi connectivity index (χ4n) is 2.27. The standard InChI is InChI=1S/C17H29NO2S/c1-5-18-16(15-11-7-6-8-12-15)13-9-10-14-21(19,20)17(2,3)4/h6-8,11-12,16,18H,5,9-10,13-14H2,1-4H3. The van der Waals surface area contributed by atoms with Crippen LogP contribution in [0.2, 0.25) is 0 Å². The maximum absolute atomic E-state index is 12.1. The fourth-order valence-corrected chi connectivity index (χ4v) is 3.46. The molecule has 0 aliphatic heterocycles. The van der Waals surface area contributed by atoms with Crippen LogP contribution in [0.1, 0.15) is 58.6 Å².